The minimum atomic E-state index is 0.304. The molecule has 0 aromatic heterocycles. The van der Waals surface area contributed by atoms with Gasteiger partial charge in [0, 0.05) is 11.1 Å². The molecule has 4 heteroatoms. The van der Waals surface area contributed by atoms with Gasteiger partial charge in [-0.15, -0.1) is 0 Å². The molecule has 1 rings (SSSR count). The fourth-order valence-corrected chi connectivity index (χ4v) is 2.01. The van der Waals surface area contributed by atoms with Gasteiger partial charge in [0.25, 0.3) is 0 Å². The Kier molecular flexibility index (Phi) is 3.98. The van der Waals surface area contributed by atoms with Gasteiger partial charge in [-0.1, -0.05) is 0 Å². The Bertz CT molecular complexity index is 410. The number of hydrogen-bond acceptors (Lipinski definition) is 3. The van der Waals surface area contributed by atoms with Crippen LogP contribution in [0.4, 0.5) is 0 Å². The second-order valence-corrected chi connectivity index (χ2v) is 3.84. The van der Waals surface area contributed by atoms with Crippen molar-refractivity contribution in [3.05, 3.63) is 21.7 Å². The molecule has 0 amide bonds. The fourth-order valence-electron chi connectivity index (χ4n) is 1.40. The number of halogens is 1. The monoisotopic (exact) mass is 269 g/mol. The maximum Gasteiger partial charge on any atom is 0.137 e. The molecule has 1 aromatic rings. The van der Waals surface area contributed by atoms with Gasteiger partial charge >= 0.3 is 0 Å². The predicted octanol–water partition coefficient (Wildman–Crippen LogP) is 2.84. The van der Waals surface area contributed by atoms with E-state index in [0.29, 0.717) is 12.2 Å². The molecular formula is C11H12BrNO2. The topological polar surface area (TPSA) is 42.2 Å². The Morgan fingerprint density at radius 2 is 2.07 bits per heavy atom. The molecular weight excluding hydrogens is 258 g/mol. The van der Waals surface area contributed by atoms with E-state index in [-0.39, 0.29) is 0 Å². The van der Waals surface area contributed by atoms with E-state index in [1.807, 2.05) is 13.0 Å². The zero-order chi connectivity index (χ0) is 11.4. The number of ether oxygens (including phenoxy) is 2. The van der Waals surface area contributed by atoms with E-state index in [0.717, 1.165) is 21.3 Å². The van der Waals surface area contributed by atoms with Crippen LogP contribution in [0.1, 0.15) is 11.1 Å². The third-order valence-corrected chi connectivity index (χ3v) is 3.14. The number of nitrogens with zero attached hydrogens (tertiary/aromatic N) is 1. The normalized spacial score (nSPS) is 9.53. The van der Waals surface area contributed by atoms with E-state index in [9.17, 15) is 0 Å². The van der Waals surface area contributed by atoms with Crippen LogP contribution in [0.25, 0.3) is 0 Å². The Hall–Kier alpha value is -1.21. The lowest BCUT2D eigenvalue weighted by atomic mass is 10.1. The van der Waals surface area contributed by atoms with Crippen LogP contribution >= 0.6 is 15.9 Å². The zero-order valence-electron chi connectivity index (χ0n) is 8.93. The highest BCUT2D eigenvalue weighted by Gasteiger charge is 2.14. The Labute approximate surface area is 97.7 Å². The molecule has 80 valence electrons. The van der Waals surface area contributed by atoms with Crippen LogP contribution in [0.3, 0.4) is 0 Å². The lowest BCUT2D eigenvalue weighted by Crippen LogP contribution is -1.97. The molecule has 0 unspecified atom stereocenters. The fraction of sp³-hybridized carbons (Fsp3) is 0.364. The van der Waals surface area contributed by atoms with Gasteiger partial charge in [0.2, 0.25) is 0 Å². The predicted molar refractivity (Wildman–Crippen MR) is 61.3 cm³/mol. The molecule has 0 aliphatic heterocycles. The van der Waals surface area contributed by atoms with Crippen LogP contribution < -0.4 is 9.47 Å². The van der Waals surface area contributed by atoms with Gasteiger partial charge in [-0.3, -0.25) is 0 Å². The third-order valence-electron chi connectivity index (χ3n) is 2.19. The maximum atomic E-state index is 8.70. The highest BCUT2D eigenvalue weighted by atomic mass is 79.9. The molecule has 0 atom stereocenters. The van der Waals surface area contributed by atoms with Crippen molar-refractivity contribution < 1.29 is 9.47 Å². The average Bonchev–Trinajstić information content (AvgIpc) is 2.24. The number of benzene rings is 1. The Morgan fingerprint density at radius 1 is 1.40 bits per heavy atom. The molecule has 0 saturated carbocycles. The molecule has 0 N–H and O–H groups in total. The van der Waals surface area contributed by atoms with Crippen molar-refractivity contribution in [2.24, 2.45) is 0 Å². The summed E-state index contributed by atoms with van der Waals surface area (Å²) in [4.78, 5) is 0. The summed E-state index contributed by atoms with van der Waals surface area (Å²) in [6, 6.07) is 3.94. The van der Waals surface area contributed by atoms with Crippen molar-refractivity contribution in [2.75, 3.05) is 14.2 Å². The van der Waals surface area contributed by atoms with Crippen molar-refractivity contribution in [1.82, 2.24) is 0 Å². The SMILES string of the molecule is COc1cc(CC#N)c(OC)c(Br)c1C. The Balaban J connectivity index is 3.38. The van der Waals surface area contributed by atoms with E-state index < -0.39 is 0 Å². The summed E-state index contributed by atoms with van der Waals surface area (Å²) in [6.45, 7) is 1.93. The Morgan fingerprint density at radius 3 is 2.53 bits per heavy atom. The van der Waals surface area contributed by atoms with Crippen molar-refractivity contribution in [3.63, 3.8) is 0 Å². The van der Waals surface area contributed by atoms with Gasteiger partial charge in [0.05, 0.1) is 31.2 Å². The van der Waals surface area contributed by atoms with Crippen molar-refractivity contribution in [3.8, 4) is 17.6 Å². The summed E-state index contributed by atoms with van der Waals surface area (Å²) in [5.41, 5.74) is 1.80. The van der Waals surface area contributed by atoms with Crippen LogP contribution in [-0.4, -0.2) is 14.2 Å². The van der Waals surface area contributed by atoms with Crippen LogP contribution in [-0.2, 0) is 6.42 Å². The van der Waals surface area contributed by atoms with Crippen LogP contribution in [0.5, 0.6) is 11.5 Å². The van der Waals surface area contributed by atoms with Gasteiger partial charge in [-0.2, -0.15) is 5.26 Å². The highest BCUT2D eigenvalue weighted by Crippen LogP contribution is 2.37. The van der Waals surface area contributed by atoms with Crippen molar-refractivity contribution in [1.29, 1.82) is 5.26 Å². The molecule has 0 aliphatic rings. The lowest BCUT2D eigenvalue weighted by molar-refractivity contribution is 0.395. The van der Waals surface area contributed by atoms with Crippen LogP contribution in [0.15, 0.2) is 10.5 Å². The first-order valence-corrected chi connectivity index (χ1v) is 5.21. The summed E-state index contributed by atoms with van der Waals surface area (Å²) >= 11 is 3.44. The maximum absolute atomic E-state index is 8.70. The van der Waals surface area contributed by atoms with Crippen LogP contribution in [0, 0.1) is 18.3 Å². The second kappa shape index (κ2) is 5.04. The van der Waals surface area contributed by atoms with Gasteiger partial charge in [0.1, 0.15) is 11.5 Å². The van der Waals surface area contributed by atoms with E-state index >= 15 is 0 Å². The molecule has 0 radical (unpaired) electrons. The largest absolute Gasteiger partial charge is 0.496 e. The minimum absolute atomic E-state index is 0.304. The summed E-state index contributed by atoms with van der Waals surface area (Å²) < 4.78 is 11.3. The summed E-state index contributed by atoms with van der Waals surface area (Å²) in [7, 11) is 3.20. The van der Waals surface area contributed by atoms with Gasteiger partial charge < -0.3 is 9.47 Å². The van der Waals surface area contributed by atoms with E-state index in [4.69, 9.17) is 14.7 Å². The number of nitriles is 1. The number of hydrogen-bond donors (Lipinski definition) is 0. The molecule has 1 aromatic carbocycles. The molecule has 0 aliphatic carbocycles. The smallest absolute Gasteiger partial charge is 0.137 e. The first-order valence-electron chi connectivity index (χ1n) is 4.42. The number of rotatable bonds is 3. The molecule has 0 heterocycles. The quantitative estimate of drug-likeness (QED) is 0.848. The lowest BCUT2D eigenvalue weighted by Gasteiger charge is -2.14. The number of methoxy groups -OCH3 is 2. The minimum Gasteiger partial charge on any atom is -0.496 e. The highest BCUT2D eigenvalue weighted by molar-refractivity contribution is 9.10. The zero-order valence-corrected chi connectivity index (χ0v) is 10.5. The van der Waals surface area contributed by atoms with E-state index in [2.05, 4.69) is 22.0 Å². The standard InChI is InChI=1S/C11H12BrNO2/c1-7-9(14-2)6-8(4-5-13)11(15-3)10(7)12/h6H,4H2,1-3H3. The molecule has 0 fully saturated rings. The average molecular weight is 270 g/mol. The first-order chi connectivity index (χ1) is 7.15. The molecule has 15 heavy (non-hydrogen) atoms. The van der Waals surface area contributed by atoms with Gasteiger partial charge in [-0.25, -0.2) is 0 Å². The van der Waals surface area contributed by atoms with Crippen LogP contribution in [0.2, 0.25) is 0 Å². The second-order valence-electron chi connectivity index (χ2n) is 3.05. The molecule has 0 saturated heterocycles. The van der Waals surface area contributed by atoms with Gasteiger partial charge in [-0.05, 0) is 28.9 Å². The molecule has 3 nitrogen and oxygen atoms in total. The van der Waals surface area contributed by atoms with E-state index in [1.165, 1.54) is 0 Å². The first kappa shape index (κ1) is 11.9. The molecule has 0 spiro atoms. The summed E-state index contributed by atoms with van der Waals surface area (Å²) in [6.07, 6.45) is 0.304. The summed E-state index contributed by atoms with van der Waals surface area (Å²) in [5.74, 6) is 1.46. The molecule has 0 bridgehead atoms. The van der Waals surface area contributed by atoms with Crippen molar-refractivity contribution in [2.45, 2.75) is 13.3 Å². The third kappa shape index (κ3) is 2.24. The van der Waals surface area contributed by atoms with E-state index in [1.54, 1.807) is 14.2 Å². The van der Waals surface area contributed by atoms with Crippen molar-refractivity contribution >= 4 is 15.9 Å². The van der Waals surface area contributed by atoms with Gasteiger partial charge in [0.15, 0.2) is 0 Å². The summed E-state index contributed by atoms with van der Waals surface area (Å²) in [5, 5.41) is 8.70.